The minimum absolute atomic E-state index is 0.0959. The summed E-state index contributed by atoms with van der Waals surface area (Å²) in [5.74, 6) is -2.09. The van der Waals surface area contributed by atoms with Gasteiger partial charge in [0.2, 0.25) is 0 Å². The van der Waals surface area contributed by atoms with Crippen LogP contribution in [-0.4, -0.2) is 22.9 Å². The molecule has 0 aliphatic rings. The number of nitrogens with zero attached hydrogens (tertiary/aromatic N) is 2. The summed E-state index contributed by atoms with van der Waals surface area (Å²) in [6.45, 7) is -0.0959. The molecule has 1 heterocycles. The normalized spacial score (nSPS) is 11.6. The molecule has 8 heteroatoms. The van der Waals surface area contributed by atoms with E-state index in [9.17, 15) is 22.4 Å². The summed E-state index contributed by atoms with van der Waals surface area (Å²) in [7, 11) is 1.22. The fourth-order valence-electron chi connectivity index (χ4n) is 2.62. The standard InChI is InChI=1S/C19H14F4N2O2/c1-27-18(26)7-6-16-14-5-3-11(19(22)23)8-17(14)25(24-16)10-12-2-4-13(20)9-15(12)21/h2-9,19H,10H2,1H3. The Labute approximate surface area is 151 Å². The molecule has 0 N–H and O–H groups in total. The smallest absolute Gasteiger partial charge is 0.330 e. The lowest BCUT2D eigenvalue weighted by Gasteiger charge is -2.06. The zero-order chi connectivity index (χ0) is 19.6. The predicted molar refractivity (Wildman–Crippen MR) is 91.2 cm³/mol. The second-order valence-electron chi connectivity index (χ2n) is 5.71. The number of esters is 1. The van der Waals surface area contributed by atoms with E-state index in [1.807, 2.05) is 0 Å². The molecule has 0 radical (unpaired) electrons. The van der Waals surface area contributed by atoms with Crippen LogP contribution in [0.4, 0.5) is 17.6 Å². The van der Waals surface area contributed by atoms with Crippen molar-refractivity contribution in [2.24, 2.45) is 0 Å². The van der Waals surface area contributed by atoms with Crippen molar-refractivity contribution in [2.45, 2.75) is 13.0 Å². The minimum Gasteiger partial charge on any atom is -0.466 e. The molecular formula is C19H14F4N2O2. The van der Waals surface area contributed by atoms with E-state index in [-0.39, 0.29) is 17.7 Å². The zero-order valence-corrected chi connectivity index (χ0v) is 14.1. The number of hydrogen-bond donors (Lipinski definition) is 0. The van der Waals surface area contributed by atoms with Crippen molar-refractivity contribution in [3.05, 3.63) is 70.9 Å². The van der Waals surface area contributed by atoms with Crippen LogP contribution in [0.25, 0.3) is 17.0 Å². The van der Waals surface area contributed by atoms with E-state index < -0.39 is 24.0 Å². The lowest BCUT2D eigenvalue weighted by atomic mass is 10.1. The van der Waals surface area contributed by atoms with E-state index in [1.54, 1.807) is 0 Å². The van der Waals surface area contributed by atoms with Crippen LogP contribution in [0.15, 0.2) is 42.5 Å². The van der Waals surface area contributed by atoms with Crippen molar-refractivity contribution in [2.75, 3.05) is 7.11 Å². The minimum atomic E-state index is -2.69. The highest BCUT2D eigenvalue weighted by Crippen LogP contribution is 2.27. The Hall–Kier alpha value is -3.16. The maximum absolute atomic E-state index is 14.0. The Balaban J connectivity index is 2.10. The molecule has 0 aliphatic carbocycles. The molecule has 0 unspecified atom stereocenters. The van der Waals surface area contributed by atoms with E-state index in [4.69, 9.17) is 0 Å². The number of carbonyl (C=O) groups excluding carboxylic acids is 1. The fourth-order valence-corrected chi connectivity index (χ4v) is 2.62. The van der Waals surface area contributed by atoms with Gasteiger partial charge in [-0.15, -0.1) is 0 Å². The van der Waals surface area contributed by atoms with Gasteiger partial charge in [-0.25, -0.2) is 22.4 Å². The summed E-state index contributed by atoms with van der Waals surface area (Å²) >= 11 is 0. The summed E-state index contributed by atoms with van der Waals surface area (Å²) in [5, 5.41) is 4.77. The third-order valence-electron chi connectivity index (χ3n) is 3.97. The predicted octanol–water partition coefficient (Wildman–Crippen LogP) is 4.49. The summed E-state index contributed by atoms with van der Waals surface area (Å²) in [5.41, 5.74) is 0.596. The fraction of sp³-hybridized carbons (Fsp3) is 0.158. The molecule has 1 aromatic heterocycles. The SMILES string of the molecule is COC(=O)C=Cc1nn(Cc2ccc(F)cc2F)c2cc(C(F)F)ccc12. The summed E-state index contributed by atoms with van der Waals surface area (Å²) < 4.78 is 59.0. The molecule has 4 nitrogen and oxygen atoms in total. The Morgan fingerprint density at radius 2 is 2.00 bits per heavy atom. The van der Waals surface area contributed by atoms with E-state index in [0.717, 1.165) is 18.2 Å². The highest BCUT2D eigenvalue weighted by molar-refractivity contribution is 5.93. The van der Waals surface area contributed by atoms with Crippen molar-refractivity contribution < 1.29 is 27.1 Å². The third-order valence-corrected chi connectivity index (χ3v) is 3.97. The first-order valence-corrected chi connectivity index (χ1v) is 7.87. The van der Waals surface area contributed by atoms with Gasteiger partial charge in [0.1, 0.15) is 11.6 Å². The molecule has 0 saturated heterocycles. The lowest BCUT2D eigenvalue weighted by molar-refractivity contribution is -0.134. The van der Waals surface area contributed by atoms with Gasteiger partial charge in [-0.05, 0) is 18.2 Å². The summed E-state index contributed by atoms with van der Waals surface area (Å²) in [4.78, 5) is 11.3. The van der Waals surface area contributed by atoms with Crippen LogP contribution in [0.5, 0.6) is 0 Å². The number of halogens is 4. The van der Waals surface area contributed by atoms with Gasteiger partial charge in [0.05, 0.1) is 24.9 Å². The Bertz CT molecular complexity index is 1030. The maximum Gasteiger partial charge on any atom is 0.330 e. The van der Waals surface area contributed by atoms with Gasteiger partial charge in [0, 0.05) is 28.7 Å². The largest absolute Gasteiger partial charge is 0.466 e. The monoisotopic (exact) mass is 378 g/mol. The molecule has 27 heavy (non-hydrogen) atoms. The molecular weight excluding hydrogens is 364 g/mol. The van der Waals surface area contributed by atoms with Crippen molar-refractivity contribution in [1.82, 2.24) is 9.78 Å². The summed E-state index contributed by atoms with van der Waals surface area (Å²) in [6, 6.07) is 7.07. The Kier molecular flexibility index (Phi) is 5.25. The molecule has 0 fully saturated rings. The van der Waals surface area contributed by atoms with Crippen LogP contribution in [0.2, 0.25) is 0 Å². The number of fused-ring (bicyclic) bond motifs is 1. The molecule has 0 saturated carbocycles. The van der Waals surface area contributed by atoms with Gasteiger partial charge in [-0.3, -0.25) is 4.68 Å². The number of benzene rings is 2. The quantitative estimate of drug-likeness (QED) is 0.373. The van der Waals surface area contributed by atoms with Crippen LogP contribution in [0.1, 0.15) is 23.2 Å². The molecule has 3 rings (SSSR count). The number of aromatic nitrogens is 2. The van der Waals surface area contributed by atoms with Crippen LogP contribution in [0, 0.1) is 11.6 Å². The Morgan fingerprint density at radius 3 is 2.67 bits per heavy atom. The Morgan fingerprint density at radius 1 is 1.22 bits per heavy atom. The first-order chi connectivity index (χ1) is 12.9. The summed E-state index contributed by atoms with van der Waals surface area (Å²) in [6.07, 6.45) is -0.159. The van der Waals surface area contributed by atoms with Crippen molar-refractivity contribution in [3.8, 4) is 0 Å². The number of ether oxygens (including phenoxy) is 1. The molecule has 0 bridgehead atoms. The van der Waals surface area contributed by atoms with Crippen LogP contribution >= 0.6 is 0 Å². The lowest BCUT2D eigenvalue weighted by Crippen LogP contribution is -2.04. The highest BCUT2D eigenvalue weighted by atomic mass is 19.3. The first-order valence-electron chi connectivity index (χ1n) is 7.87. The number of carbonyl (C=O) groups is 1. The van der Waals surface area contributed by atoms with E-state index in [1.165, 1.54) is 42.1 Å². The third kappa shape index (κ3) is 3.99. The molecule has 140 valence electrons. The van der Waals surface area contributed by atoms with Crippen LogP contribution in [-0.2, 0) is 16.1 Å². The molecule has 0 atom stereocenters. The maximum atomic E-state index is 14.0. The van der Waals surface area contributed by atoms with Gasteiger partial charge in [-0.1, -0.05) is 18.2 Å². The van der Waals surface area contributed by atoms with Crippen molar-refractivity contribution in [3.63, 3.8) is 0 Å². The van der Waals surface area contributed by atoms with Crippen LogP contribution < -0.4 is 0 Å². The van der Waals surface area contributed by atoms with E-state index >= 15 is 0 Å². The number of hydrogen-bond acceptors (Lipinski definition) is 3. The van der Waals surface area contributed by atoms with Gasteiger partial charge < -0.3 is 4.74 Å². The van der Waals surface area contributed by atoms with E-state index in [0.29, 0.717) is 16.6 Å². The van der Waals surface area contributed by atoms with Crippen molar-refractivity contribution in [1.29, 1.82) is 0 Å². The average molecular weight is 378 g/mol. The number of rotatable bonds is 5. The average Bonchev–Trinajstić information content (AvgIpc) is 2.99. The zero-order valence-electron chi connectivity index (χ0n) is 14.1. The molecule has 0 aliphatic heterocycles. The molecule has 3 aromatic rings. The van der Waals surface area contributed by atoms with Crippen molar-refractivity contribution >= 4 is 22.9 Å². The highest BCUT2D eigenvalue weighted by Gasteiger charge is 2.15. The number of alkyl halides is 2. The molecule has 2 aromatic carbocycles. The second kappa shape index (κ2) is 7.61. The number of methoxy groups -OCH3 is 1. The first kappa shape index (κ1) is 18.6. The molecule has 0 spiro atoms. The molecule has 0 amide bonds. The topological polar surface area (TPSA) is 44.1 Å². The van der Waals surface area contributed by atoms with Gasteiger partial charge in [-0.2, -0.15) is 5.10 Å². The second-order valence-corrected chi connectivity index (χ2v) is 5.71. The van der Waals surface area contributed by atoms with E-state index in [2.05, 4.69) is 9.84 Å². The van der Waals surface area contributed by atoms with Gasteiger partial charge in [0.15, 0.2) is 0 Å². The van der Waals surface area contributed by atoms with Gasteiger partial charge in [0.25, 0.3) is 6.43 Å². The van der Waals surface area contributed by atoms with Gasteiger partial charge >= 0.3 is 5.97 Å². The van der Waals surface area contributed by atoms with Crippen LogP contribution in [0.3, 0.4) is 0 Å².